The lowest BCUT2D eigenvalue weighted by Crippen LogP contribution is -2.27. The molecule has 1 saturated heterocycles. The van der Waals surface area contributed by atoms with Crippen LogP contribution >= 0.6 is 0 Å². The molecule has 0 aromatic carbocycles. The largest absolute Gasteiger partial charge is 0.317 e. The predicted octanol–water partition coefficient (Wildman–Crippen LogP) is 1.33. The number of aromatic amines is 1. The molecule has 0 amide bonds. The second-order valence-corrected chi connectivity index (χ2v) is 4.31. The molecule has 1 fully saturated rings. The van der Waals surface area contributed by atoms with Gasteiger partial charge in [-0.1, -0.05) is 0 Å². The van der Waals surface area contributed by atoms with E-state index in [9.17, 15) is 0 Å². The number of rotatable bonds is 2. The van der Waals surface area contributed by atoms with Gasteiger partial charge in [-0.3, -0.25) is 10.1 Å². The quantitative estimate of drug-likeness (QED) is 0.815. The number of hydrogen-bond donors (Lipinski definition) is 2. The van der Waals surface area contributed by atoms with E-state index >= 15 is 0 Å². The Morgan fingerprint density at radius 1 is 1.24 bits per heavy atom. The van der Waals surface area contributed by atoms with E-state index in [0.29, 0.717) is 5.92 Å². The molecule has 2 aromatic heterocycles. The Kier molecular flexibility index (Phi) is 2.83. The fraction of sp³-hybridized carbons (Fsp3) is 0.417. The summed E-state index contributed by atoms with van der Waals surface area (Å²) in [6, 6.07) is 3.87. The van der Waals surface area contributed by atoms with Gasteiger partial charge in [-0.2, -0.15) is 5.10 Å². The summed E-state index contributed by atoms with van der Waals surface area (Å²) in [5.41, 5.74) is 0.962. The third-order valence-electron chi connectivity index (χ3n) is 3.15. The maximum Gasteiger partial charge on any atom is 0.182 e. The summed E-state index contributed by atoms with van der Waals surface area (Å²) in [6.07, 6.45) is 5.79. The first kappa shape index (κ1) is 10.4. The lowest BCUT2D eigenvalue weighted by Gasteiger charge is -2.19. The van der Waals surface area contributed by atoms with E-state index in [4.69, 9.17) is 0 Å². The second kappa shape index (κ2) is 4.63. The fourth-order valence-electron chi connectivity index (χ4n) is 2.18. The molecule has 0 atom stereocenters. The minimum absolute atomic E-state index is 0.508. The van der Waals surface area contributed by atoms with E-state index in [1.54, 1.807) is 12.4 Å². The minimum Gasteiger partial charge on any atom is -0.317 e. The summed E-state index contributed by atoms with van der Waals surface area (Å²) < 4.78 is 0. The van der Waals surface area contributed by atoms with Gasteiger partial charge in [0.25, 0.3) is 0 Å². The average molecular weight is 229 g/mol. The summed E-state index contributed by atoms with van der Waals surface area (Å²) in [6.45, 7) is 2.13. The maximum absolute atomic E-state index is 4.57. The molecular weight excluding hydrogens is 214 g/mol. The summed E-state index contributed by atoms with van der Waals surface area (Å²) in [7, 11) is 0. The maximum atomic E-state index is 4.57. The van der Waals surface area contributed by atoms with Crippen LogP contribution in [-0.4, -0.2) is 33.3 Å². The number of hydrogen-bond acceptors (Lipinski definition) is 4. The lowest BCUT2D eigenvalue weighted by molar-refractivity contribution is 0.446. The molecule has 0 aliphatic carbocycles. The molecule has 0 spiro atoms. The summed E-state index contributed by atoms with van der Waals surface area (Å²) in [5, 5.41) is 10.7. The molecule has 88 valence electrons. The monoisotopic (exact) mass is 229 g/mol. The third-order valence-corrected chi connectivity index (χ3v) is 3.15. The number of nitrogens with one attached hydrogen (secondary N) is 2. The molecule has 3 rings (SSSR count). The van der Waals surface area contributed by atoms with E-state index in [0.717, 1.165) is 43.1 Å². The van der Waals surface area contributed by atoms with Crippen molar-refractivity contribution in [1.29, 1.82) is 0 Å². The van der Waals surface area contributed by atoms with Crippen LogP contribution in [0.25, 0.3) is 11.4 Å². The van der Waals surface area contributed by atoms with E-state index in [1.165, 1.54) is 0 Å². The highest BCUT2D eigenvalue weighted by Gasteiger charge is 2.19. The molecular formula is C12H15N5. The van der Waals surface area contributed by atoms with Crippen molar-refractivity contribution in [2.75, 3.05) is 13.1 Å². The van der Waals surface area contributed by atoms with Crippen molar-refractivity contribution < 1.29 is 0 Å². The van der Waals surface area contributed by atoms with Crippen LogP contribution in [0.15, 0.2) is 24.5 Å². The zero-order valence-electron chi connectivity index (χ0n) is 9.56. The van der Waals surface area contributed by atoms with Crippen LogP contribution in [0.5, 0.6) is 0 Å². The zero-order valence-corrected chi connectivity index (χ0v) is 9.56. The van der Waals surface area contributed by atoms with Crippen LogP contribution in [-0.2, 0) is 0 Å². The van der Waals surface area contributed by atoms with Crippen LogP contribution in [0.1, 0.15) is 24.6 Å². The number of nitrogens with zero attached hydrogens (tertiary/aromatic N) is 3. The molecule has 5 heteroatoms. The highest BCUT2D eigenvalue weighted by atomic mass is 15.2. The first-order valence-electron chi connectivity index (χ1n) is 5.97. The topological polar surface area (TPSA) is 66.5 Å². The second-order valence-electron chi connectivity index (χ2n) is 4.31. The van der Waals surface area contributed by atoms with Crippen molar-refractivity contribution in [2.45, 2.75) is 18.8 Å². The number of pyridine rings is 1. The Morgan fingerprint density at radius 3 is 2.88 bits per heavy atom. The molecule has 0 radical (unpaired) electrons. The van der Waals surface area contributed by atoms with Crippen LogP contribution in [0.3, 0.4) is 0 Å². The van der Waals surface area contributed by atoms with Crippen molar-refractivity contribution in [3.8, 4) is 11.4 Å². The van der Waals surface area contributed by atoms with Crippen LogP contribution in [0.4, 0.5) is 0 Å². The van der Waals surface area contributed by atoms with Gasteiger partial charge in [0, 0.05) is 23.9 Å². The molecule has 1 aliphatic rings. The SMILES string of the molecule is c1cncc(-c2n[nH]c(C3CCNCC3)n2)c1. The van der Waals surface area contributed by atoms with Gasteiger partial charge in [0.2, 0.25) is 0 Å². The van der Waals surface area contributed by atoms with Gasteiger partial charge in [0.05, 0.1) is 0 Å². The standard InChI is InChI=1S/C12H15N5/c1-2-10(8-14-5-1)12-15-11(16-17-12)9-3-6-13-7-4-9/h1-2,5,8-9,13H,3-4,6-7H2,(H,15,16,17). The summed E-state index contributed by atoms with van der Waals surface area (Å²) in [5.74, 6) is 2.26. The Hall–Kier alpha value is -1.75. The van der Waals surface area contributed by atoms with Gasteiger partial charge in [-0.15, -0.1) is 0 Å². The van der Waals surface area contributed by atoms with Gasteiger partial charge >= 0.3 is 0 Å². The highest BCUT2D eigenvalue weighted by molar-refractivity contribution is 5.52. The zero-order chi connectivity index (χ0) is 11.5. The molecule has 0 unspecified atom stereocenters. The van der Waals surface area contributed by atoms with E-state index in [2.05, 4.69) is 25.5 Å². The molecule has 2 N–H and O–H groups in total. The number of piperidine rings is 1. The minimum atomic E-state index is 0.508. The smallest absolute Gasteiger partial charge is 0.182 e. The molecule has 5 nitrogen and oxygen atoms in total. The molecule has 1 aliphatic heterocycles. The third kappa shape index (κ3) is 2.19. The van der Waals surface area contributed by atoms with Crippen molar-refractivity contribution in [1.82, 2.24) is 25.5 Å². The van der Waals surface area contributed by atoms with Gasteiger partial charge in [-0.05, 0) is 38.1 Å². The lowest BCUT2D eigenvalue weighted by atomic mass is 9.98. The van der Waals surface area contributed by atoms with Crippen molar-refractivity contribution in [3.05, 3.63) is 30.4 Å². The Bertz CT molecular complexity index is 473. The molecule has 2 aromatic rings. The van der Waals surface area contributed by atoms with Crippen molar-refractivity contribution in [3.63, 3.8) is 0 Å². The number of H-pyrrole nitrogens is 1. The highest BCUT2D eigenvalue weighted by Crippen LogP contribution is 2.23. The Morgan fingerprint density at radius 2 is 2.12 bits per heavy atom. The normalized spacial score (nSPS) is 17.2. The molecule has 3 heterocycles. The molecule has 17 heavy (non-hydrogen) atoms. The van der Waals surface area contributed by atoms with Gasteiger partial charge in [0.15, 0.2) is 5.82 Å². The average Bonchev–Trinajstić information content (AvgIpc) is 2.90. The molecule has 0 bridgehead atoms. The fourth-order valence-corrected chi connectivity index (χ4v) is 2.18. The van der Waals surface area contributed by atoms with Gasteiger partial charge in [-0.25, -0.2) is 4.98 Å². The van der Waals surface area contributed by atoms with E-state index in [1.807, 2.05) is 12.1 Å². The first-order chi connectivity index (χ1) is 8.43. The first-order valence-corrected chi connectivity index (χ1v) is 5.97. The number of aromatic nitrogens is 4. The van der Waals surface area contributed by atoms with Crippen LogP contribution in [0.2, 0.25) is 0 Å². The predicted molar refractivity (Wildman–Crippen MR) is 64.5 cm³/mol. The van der Waals surface area contributed by atoms with E-state index in [-0.39, 0.29) is 0 Å². The van der Waals surface area contributed by atoms with Gasteiger partial charge in [0.1, 0.15) is 5.82 Å². The van der Waals surface area contributed by atoms with Crippen LogP contribution in [0, 0.1) is 0 Å². The Balaban J connectivity index is 1.83. The van der Waals surface area contributed by atoms with Crippen LogP contribution < -0.4 is 5.32 Å². The summed E-state index contributed by atoms with van der Waals surface area (Å²) >= 11 is 0. The van der Waals surface area contributed by atoms with E-state index < -0.39 is 0 Å². The van der Waals surface area contributed by atoms with Crippen molar-refractivity contribution in [2.24, 2.45) is 0 Å². The molecule has 0 saturated carbocycles. The summed E-state index contributed by atoms with van der Waals surface area (Å²) in [4.78, 5) is 8.65. The van der Waals surface area contributed by atoms with Crippen molar-refractivity contribution >= 4 is 0 Å². The Labute approximate surface area is 99.7 Å². The van der Waals surface area contributed by atoms with Gasteiger partial charge < -0.3 is 5.32 Å².